The fraction of sp³-hybridized carbons (Fsp3) is 0.851. The predicted octanol–water partition coefficient (Wildman–Crippen LogP) is 13.4. The van der Waals surface area contributed by atoms with Crippen LogP contribution in [0.15, 0.2) is 18.2 Å². The third-order valence-electron chi connectivity index (χ3n) is 15.6. The summed E-state index contributed by atoms with van der Waals surface area (Å²) in [6.45, 7) is 10.3. The number of ether oxygens (including phenoxy) is 2. The zero-order valence-electron chi connectivity index (χ0n) is 34.8. The lowest BCUT2D eigenvalue weighted by atomic mass is 9.44. The van der Waals surface area contributed by atoms with E-state index in [1.165, 1.54) is 127 Å². The molecule has 0 amide bonds. The summed E-state index contributed by atoms with van der Waals surface area (Å²) in [5.41, 5.74) is 12.3. The lowest BCUT2D eigenvalue weighted by Gasteiger charge is -2.61. The number of nitrogens with two attached hydrogens (primary N) is 2. The molecule has 5 nitrogen and oxygen atoms in total. The molecule has 7 heteroatoms. The number of hydrogen-bond donors (Lipinski definition) is 2. The number of anilines is 2. The smallest absolute Gasteiger partial charge is 0.383 e. The minimum Gasteiger partial charge on any atom is -0.466 e. The number of benzene rings is 1. The van der Waals surface area contributed by atoms with Crippen molar-refractivity contribution in [2.24, 2.45) is 46.3 Å². The van der Waals surface area contributed by atoms with Gasteiger partial charge in [-0.2, -0.15) is 8.78 Å². The first-order valence-electron chi connectivity index (χ1n) is 22.7. The van der Waals surface area contributed by atoms with E-state index in [0.717, 1.165) is 38.0 Å². The maximum atomic E-state index is 15.3. The Kier molecular flexibility index (Phi) is 16.0. The molecule has 9 atom stereocenters. The Balaban J connectivity index is 0.981. The monoisotopic (exact) mass is 757 g/mol. The lowest BCUT2D eigenvalue weighted by Crippen LogP contribution is -2.54. The fourth-order valence-electron chi connectivity index (χ4n) is 12.5. The highest BCUT2D eigenvalue weighted by Gasteiger charge is 2.61. The highest BCUT2D eigenvalue weighted by Crippen LogP contribution is 2.68. The normalized spacial score (nSPS) is 31.4. The summed E-state index contributed by atoms with van der Waals surface area (Å²) in [5.74, 6) is 3.66. The highest BCUT2D eigenvalue weighted by atomic mass is 19.3. The van der Waals surface area contributed by atoms with Crippen LogP contribution in [0.5, 0.6) is 0 Å². The largest absolute Gasteiger partial charge is 0.466 e. The molecule has 54 heavy (non-hydrogen) atoms. The Morgan fingerprint density at radius 3 is 1.98 bits per heavy atom. The summed E-state index contributed by atoms with van der Waals surface area (Å²) in [7, 11) is 0. The maximum Gasteiger partial charge on any atom is 0.383 e. The molecule has 4 fully saturated rings. The molecule has 0 saturated heterocycles. The lowest BCUT2D eigenvalue weighted by molar-refractivity contribution is -0.286. The molecule has 0 heterocycles. The number of carbonyl (C=O) groups excluding carboxylic acids is 1. The van der Waals surface area contributed by atoms with Crippen LogP contribution in [0.1, 0.15) is 194 Å². The van der Waals surface area contributed by atoms with Crippen LogP contribution in [0.2, 0.25) is 0 Å². The van der Waals surface area contributed by atoms with Crippen molar-refractivity contribution in [3.05, 3.63) is 23.8 Å². The molecule has 0 radical (unpaired) electrons. The molecule has 4 aliphatic carbocycles. The molecule has 0 aliphatic heterocycles. The van der Waals surface area contributed by atoms with Gasteiger partial charge in [-0.15, -0.1) is 0 Å². The number of fused-ring (bicyclic) bond motifs is 5. The number of hydrogen-bond acceptors (Lipinski definition) is 5. The van der Waals surface area contributed by atoms with Gasteiger partial charge in [-0.05, 0) is 135 Å². The quantitative estimate of drug-likeness (QED) is 0.0699. The first-order chi connectivity index (χ1) is 25.9. The molecule has 1 aromatic rings. The number of rotatable bonds is 22. The molecular formula is C47H78F2N2O3. The molecule has 0 aromatic heterocycles. The average molecular weight is 757 g/mol. The topological polar surface area (TPSA) is 87.6 Å². The maximum absolute atomic E-state index is 15.3. The Hall–Kier alpha value is -1.89. The summed E-state index contributed by atoms with van der Waals surface area (Å²) >= 11 is 0. The Labute approximate surface area is 328 Å². The van der Waals surface area contributed by atoms with Gasteiger partial charge < -0.3 is 20.9 Å². The Bertz CT molecular complexity index is 1290. The summed E-state index contributed by atoms with van der Waals surface area (Å²) in [6.07, 6.45) is 25.8. The van der Waals surface area contributed by atoms with Gasteiger partial charge in [0.1, 0.15) is 0 Å². The van der Waals surface area contributed by atoms with E-state index in [1.54, 1.807) is 0 Å². The van der Waals surface area contributed by atoms with E-state index in [4.69, 9.17) is 20.9 Å². The van der Waals surface area contributed by atoms with Crippen molar-refractivity contribution in [1.29, 1.82) is 0 Å². The molecule has 308 valence electrons. The molecule has 4 N–H and O–H groups in total. The molecule has 1 aromatic carbocycles. The summed E-state index contributed by atoms with van der Waals surface area (Å²) < 4.78 is 41.9. The zero-order chi connectivity index (χ0) is 38.8. The van der Waals surface area contributed by atoms with E-state index < -0.39 is 12.2 Å². The molecule has 3 unspecified atom stereocenters. The van der Waals surface area contributed by atoms with Crippen LogP contribution < -0.4 is 11.5 Å². The second-order valence-corrected chi connectivity index (χ2v) is 19.1. The van der Waals surface area contributed by atoms with Gasteiger partial charge >= 0.3 is 12.1 Å². The minimum absolute atomic E-state index is 0.0134. The van der Waals surface area contributed by atoms with Crippen molar-refractivity contribution >= 4 is 17.3 Å². The SMILES string of the molecule is CCCCCCCCCCCCCCCCOC(=O)CCC(C)[C@H]1CC[C@H]2[C@@H]3CCC4CC(OC(F)(F)c5cc(N)cc(N)c5)CC[C@]4(C)[C@H]3CC[C@]12C. The van der Waals surface area contributed by atoms with Crippen molar-refractivity contribution in [2.75, 3.05) is 18.1 Å². The van der Waals surface area contributed by atoms with Gasteiger partial charge in [-0.3, -0.25) is 4.79 Å². The number of carbonyl (C=O) groups is 1. The molecule has 0 bridgehead atoms. The van der Waals surface area contributed by atoms with E-state index in [-0.39, 0.29) is 28.3 Å². The van der Waals surface area contributed by atoms with Gasteiger partial charge in [0.2, 0.25) is 0 Å². The van der Waals surface area contributed by atoms with E-state index in [2.05, 4.69) is 27.7 Å². The third kappa shape index (κ3) is 10.9. The number of nitrogen functional groups attached to an aromatic ring is 2. The number of alkyl halides is 2. The van der Waals surface area contributed by atoms with Crippen LogP contribution in [-0.2, 0) is 20.4 Å². The number of halogens is 2. The van der Waals surface area contributed by atoms with Crippen LogP contribution in [0.4, 0.5) is 20.2 Å². The van der Waals surface area contributed by atoms with Gasteiger partial charge in [0.05, 0.1) is 18.3 Å². The predicted molar refractivity (Wildman–Crippen MR) is 219 cm³/mol. The van der Waals surface area contributed by atoms with E-state index in [0.29, 0.717) is 60.9 Å². The molecule has 5 rings (SSSR count). The van der Waals surface area contributed by atoms with E-state index in [9.17, 15) is 4.79 Å². The molecule has 4 aliphatic rings. The summed E-state index contributed by atoms with van der Waals surface area (Å²) in [5, 5.41) is 0. The van der Waals surface area contributed by atoms with E-state index >= 15 is 8.78 Å². The van der Waals surface area contributed by atoms with Gasteiger partial charge in [0, 0.05) is 17.8 Å². The van der Waals surface area contributed by atoms with Gasteiger partial charge in [0.15, 0.2) is 0 Å². The first-order valence-corrected chi connectivity index (χ1v) is 22.7. The van der Waals surface area contributed by atoms with Crippen molar-refractivity contribution in [3.8, 4) is 0 Å². The van der Waals surface area contributed by atoms with Crippen LogP contribution in [-0.4, -0.2) is 18.7 Å². The van der Waals surface area contributed by atoms with Gasteiger partial charge in [-0.25, -0.2) is 0 Å². The average Bonchev–Trinajstić information content (AvgIpc) is 3.49. The second kappa shape index (κ2) is 20.0. The molecule has 4 saturated carbocycles. The number of unbranched alkanes of at least 4 members (excludes halogenated alkanes) is 13. The zero-order valence-corrected chi connectivity index (χ0v) is 34.8. The van der Waals surface area contributed by atoms with Gasteiger partial charge in [0.25, 0.3) is 0 Å². The van der Waals surface area contributed by atoms with Crippen molar-refractivity contribution < 1.29 is 23.0 Å². The standard InChI is InChI=1S/C47H78F2N2O3/c1-5-6-7-8-9-10-11-12-13-14-15-16-17-18-29-53-44(52)24-19-34(2)41-22-23-42-40-21-20-35-32-39(25-27-45(35,3)43(40)26-28-46(41,42)4)54-47(48,49)36-30-37(50)33-38(51)31-36/h30-31,33-35,39-43H,5-29,32,50-51H2,1-4H3/t34?,35?,39?,40-,41+,42-,43-,45-,46+/m0/s1. The first kappa shape index (κ1) is 43.2. The number of esters is 1. The van der Waals surface area contributed by atoms with Crippen molar-refractivity contribution in [1.82, 2.24) is 0 Å². The Morgan fingerprint density at radius 1 is 0.778 bits per heavy atom. The van der Waals surface area contributed by atoms with Crippen LogP contribution in [0.3, 0.4) is 0 Å². The van der Waals surface area contributed by atoms with Crippen molar-refractivity contribution in [2.45, 2.75) is 200 Å². The minimum atomic E-state index is -3.41. The molecular weight excluding hydrogens is 679 g/mol. The summed E-state index contributed by atoms with van der Waals surface area (Å²) in [6, 6.07) is 4.04. The Morgan fingerprint density at radius 2 is 1.35 bits per heavy atom. The summed E-state index contributed by atoms with van der Waals surface area (Å²) in [4.78, 5) is 12.7. The van der Waals surface area contributed by atoms with Crippen molar-refractivity contribution in [3.63, 3.8) is 0 Å². The van der Waals surface area contributed by atoms with Crippen LogP contribution >= 0.6 is 0 Å². The third-order valence-corrected chi connectivity index (χ3v) is 15.6. The highest BCUT2D eigenvalue weighted by molar-refractivity contribution is 5.69. The van der Waals surface area contributed by atoms with Crippen LogP contribution in [0, 0.1) is 46.3 Å². The van der Waals surface area contributed by atoms with Gasteiger partial charge in [-0.1, -0.05) is 111 Å². The van der Waals surface area contributed by atoms with Crippen LogP contribution in [0.25, 0.3) is 0 Å². The fourth-order valence-corrected chi connectivity index (χ4v) is 12.5. The second-order valence-electron chi connectivity index (χ2n) is 19.1. The molecule has 0 spiro atoms. The van der Waals surface area contributed by atoms with E-state index in [1.807, 2.05) is 0 Å².